The van der Waals surface area contributed by atoms with Crippen molar-refractivity contribution < 1.29 is 42.5 Å². The first-order valence-corrected chi connectivity index (χ1v) is 10.7. The van der Waals surface area contributed by atoms with Crippen LogP contribution in [-0.2, 0) is 10.1 Å². The number of benzene rings is 2. The molecule has 0 heterocycles. The molecule has 2 aromatic carbocycles. The second-order valence-corrected chi connectivity index (χ2v) is 7.67. The van der Waals surface area contributed by atoms with Gasteiger partial charge >= 0.3 is 29.6 Å². The topological polar surface area (TPSA) is 54.4 Å². The molecular weight excluding hydrogens is 355 g/mol. The van der Waals surface area contributed by atoms with Gasteiger partial charge in [0.2, 0.25) is 0 Å². The van der Waals surface area contributed by atoms with E-state index in [1.54, 1.807) is 30.3 Å². The molecule has 0 saturated heterocycles. The van der Waals surface area contributed by atoms with E-state index in [9.17, 15) is 8.42 Å². The molecule has 0 atom stereocenters. The first-order chi connectivity index (χ1) is 12.0. The van der Waals surface area contributed by atoms with Crippen molar-refractivity contribution in [2.75, 3.05) is 0 Å². The monoisotopic (exact) mass is 386 g/mol. The fourth-order valence-corrected chi connectivity index (χ4v) is 3.45. The predicted octanol–water partition coefficient (Wildman–Crippen LogP) is 3.44. The van der Waals surface area contributed by atoms with Gasteiger partial charge in [0.25, 0.3) is 10.1 Å². The zero-order valence-electron chi connectivity index (χ0n) is 16.3. The van der Waals surface area contributed by atoms with Crippen LogP contribution in [0.1, 0.15) is 64.7 Å². The molecule has 1 N–H and O–H groups in total. The number of fused-ring (bicyclic) bond motifs is 1. The van der Waals surface area contributed by atoms with Crippen LogP contribution >= 0.6 is 0 Å². The number of hydrogen-bond donors (Lipinski definition) is 1. The molecule has 0 unspecified atom stereocenters. The average molecular weight is 387 g/mol. The third-order valence-electron chi connectivity index (χ3n) is 4.13. The van der Waals surface area contributed by atoms with E-state index in [0.717, 1.165) is 11.8 Å². The van der Waals surface area contributed by atoms with Crippen molar-refractivity contribution in [1.29, 1.82) is 0 Å². The SMILES string of the molecule is O=S(=O)(O)c1cccc2ccccc12.[CH2-]CCCCCCCCCC.[Na+]. The van der Waals surface area contributed by atoms with Crippen LogP contribution in [0.5, 0.6) is 0 Å². The fourth-order valence-electron chi connectivity index (χ4n) is 2.73. The van der Waals surface area contributed by atoms with Crippen LogP contribution in [0.15, 0.2) is 47.4 Å². The number of unbranched alkanes of at least 4 members (excludes halogenated alkanes) is 8. The van der Waals surface area contributed by atoms with Crippen LogP contribution in [0.25, 0.3) is 10.8 Å². The molecule has 5 heteroatoms. The minimum absolute atomic E-state index is 0. The summed E-state index contributed by atoms with van der Waals surface area (Å²) in [4.78, 5) is -0.0457. The van der Waals surface area contributed by atoms with Crippen molar-refractivity contribution in [1.82, 2.24) is 0 Å². The maximum atomic E-state index is 11.0. The molecule has 0 aliphatic carbocycles. The van der Waals surface area contributed by atoms with E-state index in [4.69, 9.17) is 4.55 Å². The summed E-state index contributed by atoms with van der Waals surface area (Å²) in [6.07, 6.45) is 12.4. The Balaban J connectivity index is 0.000000479. The zero-order chi connectivity index (χ0) is 18.5. The molecule has 0 saturated carbocycles. The van der Waals surface area contributed by atoms with Gasteiger partial charge in [-0.05, 0) is 11.5 Å². The van der Waals surface area contributed by atoms with Crippen molar-refractivity contribution >= 4 is 20.9 Å². The first-order valence-electron chi connectivity index (χ1n) is 9.25. The van der Waals surface area contributed by atoms with Crippen molar-refractivity contribution in [2.24, 2.45) is 0 Å². The molecule has 0 radical (unpaired) electrons. The summed E-state index contributed by atoms with van der Waals surface area (Å²) in [6.45, 7) is 6.10. The maximum Gasteiger partial charge on any atom is 1.00 e. The van der Waals surface area contributed by atoms with Crippen molar-refractivity contribution in [3.8, 4) is 0 Å². The van der Waals surface area contributed by atoms with Crippen molar-refractivity contribution in [3.63, 3.8) is 0 Å². The van der Waals surface area contributed by atoms with Gasteiger partial charge in [-0.3, -0.25) is 4.55 Å². The van der Waals surface area contributed by atoms with E-state index in [1.165, 1.54) is 57.4 Å². The molecule has 0 aliphatic heterocycles. The van der Waals surface area contributed by atoms with Gasteiger partial charge in [-0.25, -0.2) is 0 Å². The summed E-state index contributed by atoms with van der Waals surface area (Å²) in [7, 11) is -4.13. The van der Waals surface area contributed by atoms with Crippen LogP contribution in [0.3, 0.4) is 0 Å². The molecule has 0 aliphatic rings. The van der Waals surface area contributed by atoms with Gasteiger partial charge in [-0.15, -0.1) is 0 Å². The zero-order valence-corrected chi connectivity index (χ0v) is 19.1. The van der Waals surface area contributed by atoms with E-state index >= 15 is 0 Å². The predicted molar refractivity (Wildman–Crippen MR) is 106 cm³/mol. The molecule has 0 spiro atoms. The Hall–Kier alpha value is -0.390. The first kappa shape index (κ1) is 25.6. The Bertz CT molecular complexity index is 701. The van der Waals surface area contributed by atoms with Gasteiger partial charge < -0.3 is 6.92 Å². The minimum atomic E-state index is -4.13. The smallest absolute Gasteiger partial charge is 0.343 e. The Kier molecular flexibility index (Phi) is 14.4. The second kappa shape index (κ2) is 14.6. The van der Waals surface area contributed by atoms with E-state index in [1.807, 2.05) is 6.07 Å². The largest absolute Gasteiger partial charge is 1.00 e. The normalized spacial score (nSPS) is 10.7. The van der Waals surface area contributed by atoms with Crippen LogP contribution in [0.2, 0.25) is 0 Å². The maximum absolute atomic E-state index is 11.0. The summed E-state index contributed by atoms with van der Waals surface area (Å²) < 4.78 is 31.0. The summed E-state index contributed by atoms with van der Waals surface area (Å²) in [5, 5.41) is 1.33. The van der Waals surface area contributed by atoms with Crippen LogP contribution in [0.4, 0.5) is 0 Å². The van der Waals surface area contributed by atoms with Crippen molar-refractivity contribution in [3.05, 3.63) is 49.4 Å². The number of hydrogen-bond acceptors (Lipinski definition) is 2. The van der Waals surface area contributed by atoms with E-state index in [2.05, 4.69) is 13.8 Å². The Morgan fingerprint density at radius 3 is 1.96 bits per heavy atom. The molecule has 2 rings (SSSR count). The second-order valence-electron chi connectivity index (χ2n) is 6.28. The molecule has 0 aromatic heterocycles. The van der Waals surface area contributed by atoms with E-state index < -0.39 is 10.1 Å². The standard InChI is InChI=1S/C11H23.C10H8O3S.Na/c1-3-5-7-9-11-10-8-6-4-2;11-14(12,13)10-7-3-5-8-4-1-2-6-9(8)10;/h1,3-11H2,2H3;1-7H,(H,11,12,13);/q-1;;+1. The van der Waals surface area contributed by atoms with Crippen LogP contribution in [0, 0.1) is 6.92 Å². The number of rotatable bonds is 9. The quantitative estimate of drug-likeness (QED) is 0.311. The van der Waals surface area contributed by atoms with Gasteiger partial charge in [0.15, 0.2) is 0 Å². The Morgan fingerprint density at radius 2 is 1.38 bits per heavy atom. The van der Waals surface area contributed by atoms with Gasteiger partial charge in [0, 0.05) is 5.39 Å². The van der Waals surface area contributed by atoms with E-state index in [-0.39, 0.29) is 34.5 Å². The fraction of sp³-hybridized carbons (Fsp3) is 0.476. The van der Waals surface area contributed by atoms with Gasteiger partial charge in [0.05, 0.1) is 0 Å². The van der Waals surface area contributed by atoms with Gasteiger partial charge in [-0.2, -0.15) is 14.8 Å². The molecule has 3 nitrogen and oxygen atoms in total. The summed E-state index contributed by atoms with van der Waals surface area (Å²) >= 11 is 0. The van der Waals surface area contributed by atoms with Crippen molar-refractivity contribution in [2.45, 2.75) is 69.6 Å². The Morgan fingerprint density at radius 1 is 0.846 bits per heavy atom. The molecule has 0 fully saturated rings. The Labute approximate surface area is 181 Å². The third kappa shape index (κ3) is 10.1. The molecule has 0 amide bonds. The molecule has 140 valence electrons. The van der Waals surface area contributed by atoms with Gasteiger partial charge in [-0.1, -0.05) is 94.7 Å². The van der Waals surface area contributed by atoms with Crippen LogP contribution < -0.4 is 29.6 Å². The molecule has 2 aromatic rings. The minimum Gasteiger partial charge on any atom is -0.343 e. The summed E-state index contributed by atoms with van der Waals surface area (Å²) in [5.41, 5.74) is 0. The van der Waals surface area contributed by atoms with E-state index in [0.29, 0.717) is 5.39 Å². The van der Waals surface area contributed by atoms with Gasteiger partial charge in [0.1, 0.15) is 4.90 Å². The molecular formula is C21H31NaO3S. The summed E-state index contributed by atoms with van der Waals surface area (Å²) in [5.74, 6) is 0. The molecule has 0 bridgehead atoms. The third-order valence-corrected chi connectivity index (χ3v) is 5.04. The van der Waals surface area contributed by atoms with Crippen LogP contribution in [-0.4, -0.2) is 13.0 Å². The average Bonchev–Trinajstić information content (AvgIpc) is 2.60. The molecule has 26 heavy (non-hydrogen) atoms. The summed E-state index contributed by atoms with van der Waals surface area (Å²) in [6, 6.07) is 11.8.